The molecule has 3 aromatic heterocycles. The number of nitrogens with one attached hydrogen (secondary N) is 2. The van der Waals surface area contributed by atoms with Gasteiger partial charge in [-0.15, -0.1) is 0 Å². The van der Waals surface area contributed by atoms with Crippen molar-refractivity contribution in [2.24, 2.45) is 5.92 Å². The van der Waals surface area contributed by atoms with Gasteiger partial charge in [-0.2, -0.15) is 0 Å². The number of carbonyl (C=O) groups is 1. The number of halogens is 2. The van der Waals surface area contributed by atoms with E-state index in [1.54, 1.807) is 12.3 Å². The Hall–Kier alpha value is -3.46. The highest BCUT2D eigenvalue weighted by Crippen LogP contribution is 2.49. The topological polar surface area (TPSA) is 91.0 Å². The maximum Gasteiger partial charge on any atom is 0.260 e. The van der Waals surface area contributed by atoms with Crippen molar-refractivity contribution in [1.82, 2.24) is 19.9 Å². The van der Waals surface area contributed by atoms with Crippen molar-refractivity contribution in [3.63, 3.8) is 0 Å². The number of amides is 1. The SMILES string of the molecule is O=C(Nc1ccc(C2=CCN(Cc3cnc4cc(C5CC5)c(=O)[nH]c4c3)CC2)cn1)C1CC1(F)F. The van der Waals surface area contributed by atoms with E-state index in [-0.39, 0.29) is 11.4 Å². The lowest BCUT2D eigenvalue weighted by atomic mass is 10.0. The highest BCUT2D eigenvalue weighted by Gasteiger charge is 2.61. The van der Waals surface area contributed by atoms with E-state index in [0.29, 0.717) is 5.92 Å². The monoisotopic (exact) mass is 477 g/mol. The molecule has 180 valence electrons. The van der Waals surface area contributed by atoms with Crippen molar-refractivity contribution >= 4 is 28.3 Å². The molecule has 2 aliphatic carbocycles. The first-order chi connectivity index (χ1) is 16.9. The quantitative estimate of drug-likeness (QED) is 0.558. The van der Waals surface area contributed by atoms with Crippen LogP contribution in [-0.2, 0) is 11.3 Å². The largest absolute Gasteiger partial charge is 0.320 e. The van der Waals surface area contributed by atoms with Crippen molar-refractivity contribution < 1.29 is 13.6 Å². The molecule has 0 saturated heterocycles. The molecule has 2 saturated carbocycles. The lowest BCUT2D eigenvalue weighted by molar-refractivity contribution is -0.119. The number of alkyl halides is 2. The predicted molar refractivity (Wildman–Crippen MR) is 128 cm³/mol. The number of nitrogens with zero attached hydrogens (tertiary/aromatic N) is 3. The normalized spacial score (nSPS) is 21.5. The summed E-state index contributed by atoms with van der Waals surface area (Å²) in [4.78, 5) is 38.3. The molecule has 0 bridgehead atoms. The van der Waals surface area contributed by atoms with Crippen LogP contribution in [0.15, 0.2) is 47.5 Å². The molecule has 2 fully saturated rings. The maximum absolute atomic E-state index is 13.0. The number of fused-ring (bicyclic) bond motifs is 1. The second-order valence-corrected chi connectivity index (χ2v) is 9.76. The average molecular weight is 478 g/mol. The molecule has 6 rings (SSSR count). The minimum absolute atomic E-state index is 0.00540. The van der Waals surface area contributed by atoms with E-state index < -0.39 is 24.2 Å². The third-order valence-electron chi connectivity index (χ3n) is 7.02. The zero-order valence-electron chi connectivity index (χ0n) is 19.1. The van der Waals surface area contributed by atoms with Crippen LogP contribution in [-0.4, -0.2) is 44.8 Å². The van der Waals surface area contributed by atoms with Gasteiger partial charge < -0.3 is 10.3 Å². The van der Waals surface area contributed by atoms with Gasteiger partial charge in [0.05, 0.1) is 11.0 Å². The minimum Gasteiger partial charge on any atom is -0.320 e. The molecule has 35 heavy (non-hydrogen) atoms. The van der Waals surface area contributed by atoms with Crippen molar-refractivity contribution in [2.45, 2.75) is 44.1 Å². The van der Waals surface area contributed by atoms with Gasteiger partial charge in [-0.25, -0.2) is 13.8 Å². The molecule has 9 heteroatoms. The van der Waals surface area contributed by atoms with Crippen molar-refractivity contribution in [2.75, 3.05) is 18.4 Å². The van der Waals surface area contributed by atoms with Crippen LogP contribution in [0.25, 0.3) is 16.6 Å². The Morgan fingerprint density at radius 2 is 2.03 bits per heavy atom. The van der Waals surface area contributed by atoms with Crippen LogP contribution in [0.4, 0.5) is 14.6 Å². The van der Waals surface area contributed by atoms with Gasteiger partial charge in [0.25, 0.3) is 11.5 Å². The first-order valence-electron chi connectivity index (χ1n) is 11.9. The molecule has 2 N–H and O–H groups in total. The molecule has 0 spiro atoms. The van der Waals surface area contributed by atoms with Crippen molar-refractivity contribution in [1.29, 1.82) is 0 Å². The number of rotatable bonds is 6. The summed E-state index contributed by atoms with van der Waals surface area (Å²) in [5, 5.41) is 2.47. The molecule has 7 nitrogen and oxygen atoms in total. The molecule has 4 heterocycles. The Balaban J connectivity index is 1.08. The van der Waals surface area contributed by atoms with Crippen molar-refractivity contribution in [3.8, 4) is 0 Å². The molecule has 3 aliphatic rings. The third-order valence-corrected chi connectivity index (χ3v) is 7.02. The number of aromatic amines is 1. The van der Waals surface area contributed by atoms with Gasteiger partial charge in [0.2, 0.25) is 5.91 Å². The van der Waals surface area contributed by atoms with Crippen LogP contribution < -0.4 is 10.9 Å². The average Bonchev–Trinajstić information content (AvgIpc) is 3.77. The summed E-state index contributed by atoms with van der Waals surface area (Å²) in [6.45, 7) is 2.35. The van der Waals surface area contributed by atoms with Crippen LogP contribution in [0.2, 0.25) is 0 Å². The number of H-pyrrole nitrogens is 1. The van der Waals surface area contributed by atoms with Gasteiger partial charge in [0.1, 0.15) is 11.7 Å². The fourth-order valence-corrected chi connectivity index (χ4v) is 4.67. The fourth-order valence-electron chi connectivity index (χ4n) is 4.67. The second-order valence-electron chi connectivity index (χ2n) is 9.76. The van der Waals surface area contributed by atoms with Crippen LogP contribution >= 0.6 is 0 Å². The summed E-state index contributed by atoms with van der Waals surface area (Å²) >= 11 is 0. The summed E-state index contributed by atoms with van der Waals surface area (Å²) < 4.78 is 26.1. The summed E-state index contributed by atoms with van der Waals surface area (Å²) in [6, 6.07) is 7.44. The van der Waals surface area contributed by atoms with E-state index in [0.717, 1.165) is 72.2 Å². The van der Waals surface area contributed by atoms with E-state index >= 15 is 0 Å². The zero-order valence-corrected chi connectivity index (χ0v) is 19.1. The van der Waals surface area contributed by atoms with Crippen LogP contribution in [0.5, 0.6) is 0 Å². The first-order valence-corrected chi connectivity index (χ1v) is 11.9. The second kappa shape index (κ2) is 8.34. The van der Waals surface area contributed by atoms with Gasteiger partial charge in [0, 0.05) is 44.0 Å². The Bertz CT molecular complexity index is 1400. The molecular weight excluding hydrogens is 452 g/mol. The summed E-state index contributed by atoms with van der Waals surface area (Å²) in [5.41, 5.74) is 5.61. The lowest BCUT2D eigenvalue weighted by Gasteiger charge is -2.26. The van der Waals surface area contributed by atoms with E-state index in [4.69, 9.17) is 0 Å². The summed E-state index contributed by atoms with van der Waals surface area (Å²) in [7, 11) is 0. The number of pyridine rings is 3. The maximum atomic E-state index is 13.0. The van der Waals surface area contributed by atoms with Gasteiger partial charge in [-0.3, -0.25) is 19.5 Å². The fraction of sp³-hybridized carbons (Fsp3) is 0.385. The Morgan fingerprint density at radius 3 is 2.69 bits per heavy atom. The van der Waals surface area contributed by atoms with Gasteiger partial charge in [-0.1, -0.05) is 6.08 Å². The van der Waals surface area contributed by atoms with Crippen molar-refractivity contribution in [3.05, 3.63) is 69.8 Å². The Labute approximate surface area is 200 Å². The number of hydrogen-bond acceptors (Lipinski definition) is 5. The van der Waals surface area contributed by atoms with Crippen LogP contribution in [0.1, 0.15) is 48.3 Å². The van der Waals surface area contributed by atoms with E-state index in [2.05, 4.69) is 31.2 Å². The smallest absolute Gasteiger partial charge is 0.260 e. The predicted octanol–water partition coefficient (Wildman–Crippen LogP) is 4.08. The molecule has 1 amide bonds. The zero-order chi connectivity index (χ0) is 24.2. The number of aromatic nitrogens is 3. The molecule has 1 atom stereocenters. The Morgan fingerprint density at radius 1 is 1.20 bits per heavy atom. The van der Waals surface area contributed by atoms with E-state index in [1.165, 1.54) is 0 Å². The van der Waals surface area contributed by atoms with Gasteiger partial charge in [-0.05, 0) is 66.1 Å². The molecule has 1 aliphatic heterocycles. The number of anilines is 1. The lowest BCUT2D eigenvalue weighted by Crippen LogP contribution is -2.28. The van der Waals surface area contributed by atoms with E-state index in [9.17, 15) is 18.4 Å². The Kier molecular flexibility index (Phi) is 5.25. The first kappa shape index (κ1) is 22.0. The minimum atomic E-state index is -2.89. The van der Waals surface area contributed by atoms with Crippen LogP contribution in [0.3, 0.4) is 0 Å². The molecule has 3 aromatic rings. The number of carbonyl (C=O) groups excluding carboxylic acids is 1. The highest BCUT2D eigenvalue weighted by atomic mass is 19.3. The van der Waals surface area contributed by atoms with E-state index in [1.807, 2.05) is 24.4 Å². The standard InChI is InChI=1S/C26H25F2N5O2/c27-26(28)11-20(26)25(35)32-23-4-3-18(13-30-23)16-5-7-33(8-6-16)14-15-9-22-21(29-12-15)10-19(17-1-2-17)24(34)31-22/h3-5,9-10,12-13,17,20H,1-2,6-8,11,14H2,(H,31,34)(H,30,32,35). The van der Waals surface area contributed by atoms with Gasteiger partial charge in [0.15, 0.2) is 0 Å². The van der Waals surface area contributed by atoms with Crippen LogP contribution in [0, 0.1) is 5.92 Å². The highest BCUT2D eigenvalue weighted by molar-refractivity contribution is 5.94. The molecule has 0 aromatic carbocycles. The number of hydrogen-bond donors (Lipinski definition) is 2. The summed E-state index contributed by atoms with van der Waals surface area (Å²) in [5.74, 6) is -4.14. The molecular formula is C26H25F2N5O2. The summed E-state index contributed by atoms with van der Waals surface area (Å²) in [6.07, 6.45) is 8.30. The van der Waals surface area contributed by atoms with Gasteiger partial charge >= 0.3 is 0 Å². The third kappa shape index (κ3) is 4.60. The molecule has 1 unspecified atom stereocenters. The molecule has 0 radical (unpaired) electrons.